The number of rotatable bonds is 5. The number of alkyl halides is 5. The van der Waals surface area contributed by atoms with Gasteiger partial charge in [0, 0.05) is 17.9 Å². The molecule has 0 saturated heterocycles. The van der Waals surface area contributed by atoms with Gasteiger partial charge in [0.1, 0.15) is 22.2 Å². The summed E-state index contributed by atoms with van der Waals surface area (Å²) < 4.78 is 106. The van der Waals surface area contributed by atoms with Gasteiger partial charge in [0.15, 0.2) is 9.84 Å². The second-order valence-electron chi connectivity index (χ2n) is 6.13. The Morgan fingerprint density at radius 2 is 1.77 bits per heavy atom. The van der Waals surface area contributed by atoms with Crippen LogP contribution < -0.4 is 4.74 Å². The normalized spacial score (nSPS) is 12.4. The molecular weight excluding hydrogens is 438 g/mol. The van der Waals surface area contributed by atoms with E-state index in [1.807, 2.05) is 0 Å². The van der Waals surface area contributed by atoms with Crippen LogP contribution in [0, 0.1) is 5.82 Å². The first kappa shape index (κ1) is 21.7. The fourth-order valence-corrected chi connectivity index (χ4v) is 3.41. The van der Waals surface area contributed by atoms with Gasteiger partial charge >= 0.3 is 6.36 Å². The van der Waals surface area contributed by atoms with E-state index in [-0.39, 0.29) is 16.9 Å². The molecule has 0 atom stereocenters. The molecule has 0 radical (unpaired) electrons. The molecule has 0 fully saturated rings. The van der Waals surface area contributed by atoms with Crippen LogP contribution in [0.2, 0.25) is 0 Å². The Balaban J connectivity index is 2.14. The maximum atomic E-state index is 14.3. The Bertz CT molecular complexity index is 1190. The molecule has 0 N–H and O–H groups in total. The number of hydrogen-bond donors (Lipinski definition) is 0. The summed E-state index contributed by atoms with van der Waals surface area (Å²) in [6.45, 7) is 0. The number of nitrogens with zero attached hydrogens (tertiary/aromatic N) is 2. The van der Waals surface area contributed by atoms with Crippen LogP contribution in [-0.4, -0.2) is 30.8 Å². The third-order valence-electron chi connectivity index (χ3n) is 3.87. The molecule has 3 aromatic rings. The minimum atomic E-state index is -4.97. The number of benzene rings is 2. The standard InChI is InChI=1S/C18H12F6N2O3S/c1-30(27,28)16-6-5-10(7-13(16)19)15-9-14(17(20)21)25-26(15)11-3-2-4-12(8-11)29-18(22,23)24/h2-9,17H,1H3. The molecule has 0 spiro atoms. The number of halogens is 6. The van der Waals surface area contributed by atoms with Gasteiger partial charge in [-0.2, -0.15) is 5.10 Å². The molecule has 0 aliphatic carbocycles. The maximum absolute atomic E-state index is 14.3. The molecule has 0 aliphatic rings. The van der Waals surface area contributed by atoms with Gasteiger partial charge in [-0.05, 0) is 30.3 Å². The van der Waals surface area contributed by atoms with Gasteiger partial charge in [-0.25, -0.2) is 26.3 Å². The SMILES string of the molecule is CS(=O)(=O)c1ccc(-c2cc(C(F)F)nn2-c2cccc(OC(F)(F)F)c2)cc1F. The van der Waals surface area contributed by atoms with E-state index >= 15 is 0 Å². The lowest BCUT2D eigenvalue weighted by Gasteiger charge is -2.12. The van der Waals surface area contributed by atoms with Gasteiger partial charge in [-0.15, -0.1) is 13.2 Å². The lowest BCUT2D eigenvalue weighted by atomic mass is 10.1. The van der Waals surface area contributed by atoms with Gasteiger partial charge in [-0.3, -0.25) is 0 Å². The predicted molar refractivity (Wildman–Crippen MR) is 93.7 cm³/mol. The summed E-state index contributed by atoms with van der Waals surface area (Å²) in [5.41, 5.74) is -0.874. The molecule has 1 heterocycles. The zero-order valence-electron chi connectivity index (χ0n) is 15.0. The van der Waals surface area contributed by atoms with Gasteiger partial charge in [0.2, 0.25) is 0 Å². The average Bonchev–Trinajstić information content (AvgIpc) is 3.05. The third kappa shape index (κ3) is 4.75. The highest BCUT2D eigenvalue weighted by Gasteiger charge is 2.31. The predicted octanol–water partition coefficient (Wildman–Crippen LogP) is 4.92. The van der Waals surface area contributed by atoms with E-state index in [1.165, 1.54) is 18.2 Å². The Morgan fingerprint density at radius 3 is 2.33 bits per heavy atom. The van der Waals surface area contributed by atoms with Crippen LogP contribution in [-0.2, 0) is 9.84 Å². The first-order valence-corrected chi connectivity index (χ1v) is 9.98. The van der Waals surface area contributed by atoms with Crippen molar-refractivity contribution in [2.45, 2.75) is 17.7 Å². The van der Waals surface area contributed by atoms with Crippen molar-refractivity contribution in [2.75, 3.05) is 6.26 Å². The van der Waals surface area contributed by atoms with Crippen LogP contribution in [0.15, 0.2) is 53.4 Å². The van der Waals surface area contributed by atoms with Crippen LogP contribution in [0.25, 0.3) is 16.9 Å². The fourth-order valence-electron chi connectivity index (χ4n) is 2.68. The number of hydrogen-bond acceptors (Lipinski definition) is 4. The van der Waals surface area contributed by atoms with Gasteiger partial charge in [-0.1, -0.05) is 12.1 Å². The summed E-state index contributed by atoms with van der Waals surface area (Å²) in [5.74, 6) is -1.73. The van der Waals surface area contributed by atoms with Crippen LogP contribution in [0.1, 0.15) is 12.1 Å². The molecule has 1 aromatic heterocycles. The Morgan fingerprint density at radius 1 is 1.07 bits per heavy atom. The summed E-state index contributed by atoms with van der Waals surface area (Å²) in [7, 11) is -3.87. The number of ether oxygens (including phenoxy) is 1. The van der Waals surface area contributed by atoms with Gasteiger partial charge in [0.05, 0.1) is 11.4 Å². The van der Waals surface area contributed by atoms with Crippen LogP contribution in [0.5, 0.6) is 5.75 Å². The second kappa shape index (κ2) is 7.67. The first-order valence-electron chi connectivity index (χ1n) is 8.09. The molecule has 5 nitrogen and oxygen atoms in total. The molecule has 3 rings (SSSR count). The van der Waals surface area contributed by atoms with E-state index < -0.39 is 44.8 Å². The second-order valence-corrected chi connectivity index (χ2v) is 8.11. The fraction of sp³-hybridized carbons (Fsp3) is 0.167. The van der Waals surface area contributed by atoms with E-state index in [2.05, 4.69) is 9.84 Å². The lowest BCUT2D eigenvalue weighted by molar-refractivity contribution is -0.274. The molecule has 2 aromatic carbocycles. The Hall–Kier alpha value is -3.02. The number of aromatic nitrogens is 2. The summed E-state index contributed by atoms with van der Waals surface area (Å²) in [5, 5.41) is 3.68. The highest BCUT2D eigenvalue weighted by molar-refractivity contribution is 7.90. The van der Waals surface area contributed by atoms with E-state index in [0.717, 1.165) is 41.3 Å². The van der Waals surface area contributed by atoms with Crippen LogP contribution in [0.3, 0.4) is 0 Å². The summed E-state index contributed by atoms with van der Waals surface area (Å²) in [6.07, 6.45) is -7.18. The quantitative estimate of drug-likeness (QED) is 0.518. The molecular formula is C18H12F6N2O3S. The summed E-state index contributed by atoms with van der Waals surface area (Å²) in [6, 6.07) is 8.29. The van der Waals surface area contributed by atoms with E-state index in [1.54, 1.807) is 0 Å². The van der Waals surface area contributed by atoms with Crippen molar-refractivity contribution in [1.29, 1.82) is 0 Å². The highest BCUT2D eigenvalue weighted by atomic mass is 32.2. The molecule has 30 heavy (non-hydrogen) atoms. The Labute approximate surface area is 166 Å². The molecule has 0 saturated carbocycles. The summed E-state index contributed by atoms with van der Waals surface area (Å²) >= 11 is 0. The maximum Gasteiger partial charge on any atom is 0.573 e. The van der Waals surface area contributed by atoms with Crippen molar-refractivity contribution in [3.8, 4) is 22.7 Å². The van der Waals surface area contributed by atoms with E-state index in [0.29, 0.717) is 0 Å². The smallest absolute Gasteiger partial charge is 0.406 e. The largest absolute Gasteiger partial charge is 0.573 e. The van der Waals surface area contributed by atoms with E-state index in [9.17, 15) is 34.8 Å². The highest BCUT2D eigenvalue weighted by Crippen LogP contribution is 2.32. The molecule has 0 aliphatic heterocycles. The zero-order valence-corrected chi connectivity index (χ0v) is 15.8. The van der Waals surface area contributed by atoms with Gasteiger partial charge in [0.25, 0.3) is 6.43 Å². The molecule has 12 heteroatoms. The lowest BCUT2D eigenvalue weighted by Crippen LogP contribution is -2.17. The number of sulfone groups is 1. The summed E-state index contributed by atoms with van der Waals surface area (Å²) in [4.78, 5) is -0.591. The van der Waals surface area contributed by atoms with Crippen molar-refractivity contribution >= 4 is 9.84 Å². The molecule has 0 bridgehead atoms. The molecule has 0 amide bonds. The van der Waals surface area contributed by atoms with Crippen LogP contribution >= 0.6 is 0 Å². The Kier molecular flexibility index (Phi) is 5.54. The van der Waals surface area contributed by atoms with Crippen molar-refractivity contribution < 1.29 is 39.5 Å². The average molecular weight is 450 g/mol. The third-order valence-corrected chi connectivity index (χ3v) is 5.00. The minimum Gasteiger partial charge on any atom is -0.406 e. The van der Waals surface area contributed by atoms with Crippen molar-refractivity contribution in [1.82, 2.24) is 9.78 Å². The first-order chi connectivity index (χ1) is 13.8. The molecule has 160 valence electrons. The monoisotopic (exact) mass is 450 g/mol. The minimum absolute atomic E-state index is 0.0126. The zero-order chi connectivity index (χ0) is 22.3. The van der Waals surface area contributed by atoms with Crippen molar-refractivity contribution in [2.24, 2.45) is 0 Å². The van der Waals surface area contributed by atoms with Crippen molar-refractivity contribution in [3.05, 3.63) is 60.0 Å². The molecule has 0 unspecified atom stereocenters. The van der Waals surface area contributed by atoms with Crippen molar-refractivity contribution in [3.63, 3.8) is 0 Å². The van der Waals surface area contributed by atoms with Crippen LogP contribution in [0.4, 0.5) is 26.3 Å². The van der Waals surface area contributed by atoms with Gasteiger partial charge < -0.3 is 4.74 Å². The topological polar surface area (TPSA) is 61.2 Å². The van der Waals surface area contributed by atoms with E-state index in [4.69, 9.17) is 0 Å².